The van der Waals surface area contributed by atoms with Gasteiger partial charge in [-0.05, 0) is 19.4 Å². The molecule has 0 radical (unpaired) electrons. The first-order chi connectivity index (χ1) is 10.1. The standard InChI is InChI=1S/C16H23ClN2O2/c1-3-4-5-6-7-11(2)18-13-9-15-14(8-12(13)17)19-16(20)10-21-15/h8-9,11,18H,3-7,10H2,1-2H3,(H,19,20). The summed E-state index contributed by atoms with van der Waals surface area (Å²) in [6, 6.07) is 3.95. The molecule has 0 spiro atoms. The van der Waals surface area contributed by atoms with Crippen molar-refractivity contribution in [3.8, 4) is 5.75 Å². The fraction of sp³-hybridized carbons (Fsp3) is 0.562. The fourth-order valence-corrected chi connectivity index (χ4v) is 2.64. The second-order valence-electron chi connectivity index (χ2n) is 5.56. The number of anilines is 2. The van der Waals surface area contributed by atoms with Gasteiger partial charge >= 0.3 is 0 Å². The van der Waals surface area contributed by atoms with Crippen molar-refractivity contribution >= 4 is 28.9 Å². The number of unbranched alkanes of at least 4 members (excludes halogenated alkanes) is 3. The van der Waals surface area contributed by atoms with Crippen LogP contribution in [0.3, 0.4) is 0 Å². The number of hydrogen-bond acceptors (Lipinski definition) is 3. The monoisotopic (exact) mass is 310 g/mol. The van der Waals surface area contributed by atoms with E-state index in [1.165, 1.54) is 25.7 Å². The summed E-state index contributed by atoms with van der Waals surface area (Å²) in [6.07, 6.45) is 6.15. The van der Waals surface area contributed by atoms with Crippen LogP contribution in [0.15, 0.2) is 12.1 Å². The molecule has 1 aromatic carbocycles. The molecule has 5 heteroatoms. The van der Waals surface area contributed by atoms with Gasteiger partial charge in [0.25, 0.3) is 5.91 Å². The fourth-order valence-electron chi connectivity index (χ4n) is 2.43. The lowest BCUT2D eigenvalue weighted by atomic mass is 10.1. The summed E-state index contributed by atoms with van der Waals surface area (Å²) < 4.78 is 5.42. The molecule has 0 saturated carbocycles. The SMILES string of the molecule is CCCCCCC(C)Nc1cc2c(cc1Cl)NC(=O)CO2. The van der Waals surface area contributed by atoms with Crippen molar-refractivity contribution in [3.63, 3.8) is 0 Å². The highest BCUT2D eigenvalue weighted by molar-refractivity contribution is 6.33. The van der Waals surface area contributed by atoms with Crippen LogP contribution in [0, 0.1) is 0 Å². The summed E-state index contributed by atoms with van der Waals surface area (Å²) in [6.45, 7) is 4.43. The van der Waals surface area contributed by atoms with Crippen molar-refractivity contribution in [3.05, 3.63) is 17.2 Å². The minimum Gasteiger partial charge on any atom is -0.482 e. The molecule has 0 saturated heterocycles. The third-order valence-electron chi connectivity index (χ3n) is 3.59. The molecule has 1 aliphatic rings. The molecular formula is C16H23ClN2O2. The average Bonchev–Trinajstić information content (AvgIpc) is 2.45. The number of hydrogen-bond donors (Lipinski definition) is 2. The number of rotatable bonds is 7. The van der Waals surface area contributed by atoms with Crippen LogP contribution in [0.4, 0.5) is 11.4 Å². The first-order valence-electron chi connectivity index (χ1n) is 7.63. The summed E-state index contributed by atoms with van der Waals surface area (Å²) in [7, 11) is 0. The van der Waals surface area contributed by atoms with Crippen LogP contribution in [0.2, 0.25) is 5.02 Å². The Bertz CT molecular complexity index is 505. The van der Waals surface area contributed by atoms with Crippen molar-refractivity contribution in [1.82, 2.24) is 0 Å². The number of benzene rings is 1. The highest BCUT2D eigenvalue weighted by Gasteiger charge is 2.18. The second kappa shape index (κ2) is 7.55. The maximum Gasteiger partial charge on any atom is 0.262 e. The zero-order valence-electron chi connectivity index (χ0n) is 12.7. The molecule has 0 bridgehead atoms. The molecule has 1 aliphatic heterocycles. The van der Waals surface area contributed by atoms with Crippen molar-refractivity contribution in [2.45, 2.75) is 52.0 Å². The Morgan fingerprint density at radius 3 is 2.95 bits per heavy atom. The molecule has 1 aromatic rings. The van der Waals surface area contributed by atoms with Crippen LogP contribution < -0.4 is 15.4 Å². The van der Waals surface area contributed by atoms with Gasteiger partial charge in [-0.3, -0.25) is 4.79 Å². The van der Waals surface area contributed by atoms with E-state index in [0.717, 1.165) is 12.1 Å². The van der Waals surface area contributed by atoms with E-state index in [4.69, 9.17) is 16.3 Å². The Balaban J connectivity index is 1.95. The normalized spacial score (nSPS) is 14.9. The highest BCUT2D eigenvalue weighted by Crippen LogP contribution is 2.36. The number of amides is 1. The Labute approximate surface area is 131 Å². The van der Waals surface area contributed by atoms with Crippen LogP contribution in [-0.4, -0.2) is 18.6 Å². The number of ether oxygens (including phenoxy) is 1. The number of carbonyl (C=O) groups excluding carboxylic acids is 1. The molecular weight excluding hydrogens is 288 g/mol. The summed E-state index contributed by atoms with van der Waals surface area (Å²) in [5.74, 6) is 0.517. The van der Waals surface area contributed by atoms with E-state index in [0.29, 0.717) is 22.5 Å². The lowest BCUT2D eigenvalue weighted by Gasteiger charge is -2.22. The van der Waals surface area contributed by atoms with Crippen LogP contribution >= 0.6 is 11.6 Å². The molecule has 0 aliphatic carbocycles. The van der Waals surface area contributed by atoms with E-state index in [9.17, 15) is 4.79 Å². The van der Waals surface area contributed by atoms with Crippen molar-refractivity contribution in [2.75, 3.05) is 17.2 Å². The van der Waals surface area contributed by atoms with Gasteiger partial charge in [0.2, 0.25) is 0 Å². The topological polar surface area (TPSA) is 50.4 Å². The van der Waals surface area contributed by atoms with Crippen LogP contribution in [0.25, 0.3) is 0 Å². The first-order valence-corrected chi connectivity index (χ1v) is 8.00. The predicted octanol–water partition coefficient (Wildman–Crippen LogP) is 4.44. The van der Waals surface area contributed by atoms with E-state index < -0.39 is 0 Å². The smallest absolute Gasteiger partial charge is 0.262 e. The van der Waals surface area contributed by atoms with Gasteiger partial charge in [-0.15, -0.1) is 0 Å². The molecule has 1 amide bonds. The molecule has 0 aromatic heterocycles. The Morgan fingerprint density at radius 1 is 1.38 bits per heavy atom. The zero-order valence-corrected chi connectivity index (χ0v) is 13.4. The van der Waals surface area contributed by atoms with Gasteiger partial charge in [-0.2, -0.15) is 0 Å². The van der Waals surface area contributed by atoms with Crippen LogP contribution in [-0.2, 0) is 4.79 Å². The number of carbonyl (C=O) groups is 1. The summed E-state index contributed by atoms with van der Waals surface area (Å²) in [5, 5.41) is 6.77. The molecule has 116 valence electrons. The maximum atomic E-state index is 11.3. The van der Waals surface area contributed by atoms with Gasteiger partial charge in [0.05, 0.1) is 16.4 Å². The molecule has 4 nitrogen and oxygen atoms in total. The van der Waals surface area contributed by atoms with Crippen molar-refractivity contribution in [1.29, 1.82) is 0 Å². The molecule has 2 N–H and O–H groups in total. The molecule has 1 heterocycles. The molecule has 1 atom stereocenters. The lowest BCUT2D eigenvalue weighted by molar-refractivity contribution is -0.118. The Kier molecular flexibility index (Phi) is 5.74. The van der Waals surface area contributed by atoms with E-state index in [-0.39, 0.29) is 12.5 Å². The zero-order chi connectivity index (χ0) is 15.2. The van der Waals surface area contributed by atoms with E-state index in [1.807, 2.05) is 6.07 Å². The molecule has 21 heavy (non-hydrogen) atoms. The van der Waals surface area contributed by atoms with Gasteiger partial charge in [0.1, 0.15) is 5.75 Å². The van der Waals surface area contributed by atoms with Crippen molar-refractivity contribution in [2.24, 2.45) is 0 Å². The third-order valence-corrected chi connectivity index (χ3v) is 3.91. The van der Waals surface area contributed by atoms with E-state index in [2.05, 4.69) is 24.5 Å². The second-order valence-corrected chi connectivity index (χ2v) is 5.97. The van der Waals surface area contributed by atoms with Crippen LogP contribution in [0.5, 0.6) is 5.75 Å². The van der Waals surface area contributed by atoms with Crippen molar-refractivity contribution < 1.29 is 9.53 Å². The van der Waals surface area contributed by atoms with Gasteiger partial charge in [0, 0.05) is 12.1 Å². The molecule has 1 unspecified atom stereocenters. The highest BCUT2D eigenvalue weighted by atomic mass is 35.5. The minimum atomic E-state index is -0.149. The maximum absolute atomic E-state index is 11.3. The summed E-state index contributed by atoms with van der Waals surface area (Å²) in [5.41, 5.74) is 1.49. The van der Waals surface area contributed by atoms with Gasteiger partial charge < -0.3 is 15.4 Å². The summed E-state index contributed by atoms with van der Waals surface area (Å²) in [4.78, 5) is 11.3. The molecule has 0 fully saturated rings. The Hall–Kier alpha value is -1.42. The largest absolute Gasteiger partial charge is 0.482 e. The van der Waals surface area contributed by atoms with Gasteiger partial charge in [-0.25, -0.2) is 0 Å². The third kappa shape index (κ3) is 4.53. The number of fused-ring (bicyclic) bond motifs is 1. The van der Waals surface area contributed by atoms with Gasteiger partial charge in [-0.1, -0.05) is 44.2 Å². The van der Waals surface area contributed by atoms with E-state index in [1.54, 1.807) is 6.07 Å². The van der Waals surface area contributed by atoms with Crippen LogP contribution in [0.1, 0.15) is 46.0 Å². The molecule has 2 rings (SSSR count). The average molecular weight is 311 g/mol. The predicted molar refractivity (Wildman–Crippen MR) is 87.4 cm³/mol. The summed E-state index contributed by atoms with van der Waals surface area (Å²) >= 11 is 6.27. The lowest BCUT2D eigenvalue weighted by Crippen LogP contribution is -2.25. The number of halogens is 1. The Morgan fingerprint density at radius 2 is 2.19 bits per heavy atom. The quantitative estimate of drug-likeness (QED) is 0.732. The van der Waals surface area contributed by atoms with Gasteiger partial charge in [0.15, 0.2) is 6.61 Å². The first kappa shape index (κ1) is 16.0. The number of nitrogens with one attached hydrogen (secondary N) is 2. The van der Waals surface area contributed by atoms with E-state index >= 15 is 0 Å². The minimum absolute atomic E-state index is 0.0562.